The van der Waals surface area contributed by atoms with Crippen LogP contribution in [-0.2, 0) is 6.54 Å². The highest BCUT2D eigenvalue weighted by atomic mass is 35.5. The van der Waals surface area contributed by atoms with Crippen LogP contribution in [0.5, 0.6) is 0 Å². The Labute approximate surface area is 146 Å². The second kappa shape index (κ2) is 6.64. The number of halogens is 3. The van der Waals surface area contributed by atoms with Crippen LogP contribution >= 0.6 is 11.6 Å². The van der Waals surface area contributed by atoms with Crippen LogP contribution < -0.4 is 5.73 Å². The van der Waals surface area contributed by atoms with E-state index in [1.807, 2.05) is 0 Å². The van der Waals surface area contributed by atoms with E-state index in [1.165, 1.54) is 11.6 Å². The van der Waals surface area contributed by atoms with Gasteiger partial charge in [0, 0.05) is 22.3 Å². The van der Waals surface area contributed by atoms with Gasteiger partial charge in [-0.1, -0.05) is 28.9 Å². The fourth-order valence-corrected chi connectivity index (χ4v) is 2.60. The van der Waals surface area contributed by atoms with Crippen LogP contribution in [0.3, 0.4) is 0 Å². The summed E-state index contributed by atoms with van der Waals surface area (Å²) in [5.74, 6) is -0.550. The zero-order chi connectivity index (χ0) is 18.1. The van der Waals surface area contributed by atoms with Crippen molar-refractivity contribution in [3.05, 3.63) is 58.1 Å². The van der Waals surface area contributed by atoms with Crippen LogP contribution in [0.15, 0.2) is 34.9 Å². The summed E-state index contributed by atoms with van der Waals surface area (Å²) in [6, 6.07) is 8.66. The van der Waals surface area contributed by atoms with Crippen molar-refractivity contribution in [2.75, 3.05) is 0 Å². The van der Waals surface area contributed by atoms with Crippen molar-refractivity contribution in [1.29, 1.82) is 0 Å². The molecule has 1 aromatic carbocycles. The zero-order valence-corrected chi connectivity index (χ0v) is 13.8. The molecule has 2 N–H and O–H groups in total. The Balaban J connectivity index is 1.90. The molecular formula is C16H13ClF2N4O2. The predicted molar refractivity (Wildman–Crippen MR) is 86.5 cm³/mol. The van der Waals surface area contributed by atoms with Crippen molar-refractivity contribution < 1.29 is 18.1 Å². The van der Waals surface area contributed by atoms with Gasteiger partial charge in [-0.05, 0) is 19.1 Å². The minimum Gasteiger partial charge on any atom is -0.365 e. The molecule has 0 aliphatic heterocycles. The lowest BCUT2D eigenvalue weighted by Crippen LogP contribution is -2.14. The highest BCUT2D eigenvalue weighted by Crippen LogP contribution is 2.26. The quantitative estimate of drug-likeness (QED) is 0.747. The second-order valence-corrected chi connectivity index (χ2v) is 5.79. The normalized spacial score (nSPS) is 11.2. The first-order valence-corrected chi connectivity index (χ1v) is 7.61. The molecule has 6 nitrogen and oxygen atoms in total. The van der Waals surface area contributed by atoms with E-state index < -0.39 is 18.0 Å². The first kappa shape index (κ1) is 17.1. The van der Waals surface area contributed by atoms with Gasteiger partial charge in [0.25, 0.3) is 12.3 Å². The molecule has 9 heteroatoms. The number of hydrogen-bond acceptors (Lipinski definition) is 4. The number of benzene rings is 1. The third-order valence-corrected chi connectivity index (χ3v) is 3.94. The maximum atomic E-state index is 13.0. The van der Waals surface area contributed by atoms with Crippen LogP contribution in [0.2, 0.25) is 5.02 Å². The molecule has 2 aromatic heterocycles. The Morgan fingerprint density at radius 1 is 1.36 bits per heavy atom. The Morgan fingerprint density at radius 3 is 2.60 bits per heavy atom. The standard InChI is InChI=1S/C16H13ClF2N4O2/c1-8-13(16(20)24)14(15(18)19)21-23(8)7-11-6-12(22-25-11)9-2-4-10(17)5-3-9/h2-6,15H,7H2,1H3,(H2,20,24). The number of aromatic nitrogens is 3. The third kappa shape index (κ3) is 3.39. The van der Waals surface area contributed by atoms with Crippen LogP contribution in [0.25, 0.3) is 11.3 Å². The molecule has 0 fully saturated rings. The summed E-state index contributed by atoms with van der Waals surface area (Å²) in [5.41, 5.74) is 5.88. The maximum absolute atomic E-state index is 13.0. The predicted octanol–water partition coefficient (Wildman–Crippen LogP) is 3.58. The Bertz CT molecular complexity index is 919. The molecule has 0 aliphatic rings. The highest BCUT2D eigenvalue weighted by Gasteiger charge is 2.25. The fraction of sp³-hybridized carbons (Fsp3) is 0.188. The van der Waals surface area contributed by atoms with Crippen molar-refractivity contribution in [2.24, 2.45) is 5.73 Å². The Morgan fingerprint density at radius 2 is 2.04 bits per heavy atom. The van der Waals surface area contributed by atoms with Crippen LogP contribution in [0.1, 0.15) is 33.9 Å². The molecule has 0 unspecified atom stereocenters. The third-order valence-electron chi connectivity index (χ3n) is 3.69. The lowest BCUT2D eigenvalue weighted by Gasteiger charge is -2.00. The van der Waals surface area contributed by atoms with E-state index in [0.717, 1.165) is 5.56 Å². The van der Waals surface area contributed by atoms with Crippen LogP contribution in [0, 0.1) is 6.92 Å². The number of nitrogens with two attached hydrogens (primary N) is 1. The lowest BCUT2D eigenvalue weighted by molar-refractivity contribution is 0.0984. The number of carbonyl (C=O) groups is 1. The average Bonchev–Trinajstić information content (AvgIpc) is 3.14. The largest absolute Gasteiger partial charge is 0.365 e. The van der Waals surface area contributed by atoms with Crippen molar-refractivity contribution in [3.63, 3.8) is 0 Å². The molecule has 0 aliphatic carbocycles. The molecule has 0 bridgehead atoms. The van der Waals surface area contributed by atoms with Gasteiger partial charge in [0.05, 0.1) is 5.56 Å². The fourth-order valence-electron chi connectivity index (χ4n) is 2.47. The molecule has 3 aromatic rings. The van der Waals surface area contributed by atoms with E-state index in [0.29, 0.717) is 16.5 Å². The van der Waals surface area contributed by atoms with Crippen molar-refractivity contribution in [3.8, 4) is 11.3 Å². The van der Waals surface area contributed by atoms with Gasteiger partial charge < -0.3 is 10.3 Å². The van der Waals surface area contributed by atoms with Crippen molar-refractivity contribution >= 4 is 17.5 Å². The maximum Gasteiger partial charge on any atom is 0.282 e. The van der Waals surface area contributed by atoms with Gasteiger partial charge in [0.15, 0.2) is 5.76 Å². The number of hydrogen-bond donors (Lipinski definition) is 1. The summed E-state index contributed by atoms with van der Waals surface area (Å²) in [4.78, 5) is 11.4. The van der Waals surface area contributed by atoms with Crippen molar-refractivity contribution in [2.45, 2.75) is 19.9 Å². The minimum atomic E-state index is -2.90. The van der Waals surface area contributed by atoms with Crippen molar-refractivity contribution in [1.82, 2.24) is 14.9 Å². The van der Waals surface area contributed by atoms with E-state index in [2.05, 4.69) is 10.3 Å². The summed E-state index contributed by atoms with van der Waals surface area (Å²) < 4.78 is 32.6. The van der Waals surface area contributed by atoms with E-state index in [9.17, 15) is 13.6 Å². The monoisotopic (exact) mass is 366 g/mol. The molecule has 1 amide bonds. The molecule has 0 spiro atoms. The smallest absolute Gasteiger partial charge is 0.282 e. The van der Waals surface area contributed by atoms with Gasteiger partial charge in [-0.3, -0.25) is 9.48 Å². The number of nitrogens with zero attached hydrogens (tertiary/aromatic N) is 3. The van der Waals surface area contributed by atoms with E-state index in [1.54, 1.807) is 30.3 Å². The second-order valence-electron chi connectivity index (χ2n) is 5.35. The topological polar surface area (TPSA) is 86.9 Å². The molecule has 0 radical (unpaired) electrons. The van der Waals surface area contributed by atoms with Gasteiger partial charge >= 0.3 is 0 Å². The Hall–Kier alpha value is -2.74. The molecule has 0 saturated carbocycles. The minimum absolute atomic E-state index is 0.0411. The number of alkyl halides is 2. The number of rotatable bonds is 5. The molecule has 2 heterocycles. The summed E-state index contributed by atoms with van der Waals surface area (Å²) in [6.45, 7) is 1.54. The molecule has 130 valence electrons. The van der Waals surface area contributed by atoms with Gasteiger partial charge in [-0.15, -0.1) is 0 Å². The summed E-state index contributed by atoms with van der Waals surface area (Å²) >= 11 is 5.84. The van der Waals surface area contributed by atoms with E-state index >= 15 is 0 Å². The van der Waals surface area contributed by atoms with E-state index in [4.69, 9.17) is 21.9 Å². The molecule has 0 saturated heterocycles. The van der Waals surface area contributed by atoms with Crippen LogP contribution in [0.4, 0.5) is 8.78 Å². The highest BCUT2D eigenvalue weighted by molar-refractivity contribution is 6.30. The van der Waals surface area contributed by atoms with Gasteiger partial charge in [-0.2, -0.15) is 5.10 Å². The lowest BCUT2D eigenvalue weighted by atomic mass is 10.1. The SMILES string of the molecule is Cc1c(C(N)=O)c(C(F)F)nn1Cc1cc(-c2ccc(Cl)cc2)no1. The average molecular weight is 367 g/mol. The van der Waals surface area contributed by atoms with E-state index in [-0.39, 0.29) is 17.8 Å². The number of carbonyl (C=O) groups excluding carboxylic acids is 1. The molecular weight excluding hydrogens is 354 g/mol. The number of primary amides is 1. The molecule has 25 heavy (non-hydrogen) atoms. The zero-order valence-electron chi connectivity index (χ0n) is 13.0. The van der Waals surface area contributed by atoms with Gasteiger partial charge in [-0.25, -0.2) is 8.78 Å². The number of amides is 1. The summed E-state index contributed by atoms with van der Waals surface area (Å²) in [6.07, 6.45) is -2.90. The first-order chi connectivity index (χ1) is 11.9. The first-order valence-electron chi connectivity index (χ1n) is 7.23. The molecule has 0 atom stereocenters. The summed E-state index contributed by atoms with van der Waals surface area (Å²) in [5, 5.41) is 8.32. The molecule has 3 rings (SSSR count). The Kier molecular flexibility index (Phi) is 4.54. The van der Waals surface area contributed by atoms with Gasteiger partial charge in [0.2, 0.25) is 0 Å². The van der Waals surface area contributed by atoms with Crippen LogP contribution in [-0.4, -0.2) is 20.8 Å². The van der Waals surface area contributed by atoms with Gasteiger partial charge in [0.1, 0.15) is 17.9 Å². The summed E-state index contributed by atoms with van der Waals surface area (Å²) in [7, 11) is 0.